The number of thiazole rings is 1. The molecule has 1 aromatic carbocycles. The molecule has 1 fully saturated rings. The Hall–Kier alpha value is -1.23. The summed E-state index contributed by atoms with van der Waals surface area (Å²) in [5.74, 6) is 0.835. The van der Waals surface area contributed by atoms with Gasteiger partial charge < -0.3 is 15.5 Å². The van der Waals surface area contributed by atoms with E-state index in [1.54, 1.807) is 11.3 Å². The van der Waals surface area contributed by atoms with E-state index in [0.29, 0.717) is 13.1 Å². The van der Waals surface area contributed by atoms with Gasteiger partial charge in [-0.25, -0.2) is 9.98 Å². The second-order valence-corrected chi connectivity index (χ2v) is 8.72. The van der Waals surface area contributed by atoms with Crippen LogP contribution >= 0.6 is 35.3 Å². The first-order valence-corrected chi connectivity index (χ1v) is 11.4. The fourth-order valence-corrected chi connectivity index (χ4v) is 4.08. The molecule has 0 atom stereocenters. The van der Waals surface area contributed by atoms with Gasteiger partial charge in [-0.2, -0.15) is 0 Å². The van der Waals surface area contributed by atoms with Gasteiger partial charge in [0.15, 0.2) is 5.96 Å². The number of rotatable bonds is 8. The number of guanidine groups is 1. The molecule has 1 aliphatic rings. The maximum atomic E-state index is 4.73. The van der Waals surface area contributed by atoms with Crippen LogP contribution in [0.3, 0.4) is 0 Å². The Balaban J connectivity index is 0.00000320. The monoisotopic (exact) mass is 542 g/mol. The van der Waals surface area contributed by atoms with Crippen molar-refractivity contribution in [2.75, 3.05) is 39.8 Å². The lowest BCUT2D eigenvalue weighted by Gasteiger charge is -2.32. The average Bonchev–Trinajstić information content (AvgIpc) is 3.21. The predicted octanol–water partition coefficient (Wildman–Crippen LogP) is 3.33. The molecule has 0 amide bonds. The van der Waals surface area contributed by atoms with E-state index in [9.17, 15) is 0 Å². The second-order valence-electron chi connectivity index (χ2n) is 7.52. The van der Waals surface area contributed by atoms with E-state index in [-0.39, 0.29) is 24.0 Å². The van der Waals surface area contributed by atoms with Gasteiger partial charge in [0.25, 0.3) is 0 Å². The van der Waals surface area contributed by atoms with Crippen LogP contribution in [0, 0.1) is 0 Å². The lowest BCUT2D eigenvalue weighted by molar-refractivity contribution is 0.148. The standard InChI is InChI=1S/C22H34N6S.HI/c1-4-20-15-24-21(29-20)16-26-22(23-5-2)25-14-18-6-8-19(9-7-18)17-28-12-10-27(3)11-13-28;/h6-9,15H,4-5,10-14,16-17H2,1-3H3,(H2,23,25,26);1H. The van der Waals surface area contributed by atoms with Gasteiger partial charge in [0.05, 0.1) is 13.1 Å². The molecule has 0 bridgehead atoms. The summed E-state index contributed by atoms with van der Waals surface area (Å²) >= 11 is 1.76. The van der Waals surface area contributed by atoms with Gasteiger partial charge in [-0.05, 0) is 31.5 Å². The number of hydrogen-bond acceptors (Lipinski definition) is 5. The van der Waals surface area contributed by atoms with Crippen molar-refractivity contribution in [3.63, 3.8) is 0 Å². The molecule has 0 radical (unpaired) electrons. The molecule has 2 N–H and O–H groups in total. The van der Waals surface area contributed by atoms with Gasteiger partial charge in [0, 0.05) is 50.3 Å². The normalized spacial score (nSPS) is 15.6. The van der Waals surface area contributed by atoms with E-state index in [2.05, 4.69) is 70.6 Å². The van der Waals surface area contributed by atoms with Crippen molar-refractivity contribution in [3.05, 3.63) is 51.5 Å². The van der Waals surface area contributed by atoms with Crippen molar-refractivity contribution >= 4 is 41.3 Å². The van der Waals surface area contributed by atoms with Crippen molar-refractivity contribution in [2.45, 2.75) is 39.9 Å². The molecule has 0 aliphatic carbocycles. The molecule has 0 unspecified atom stereocenters. The van der Waals surface area contributed by atoms with Crippen molar-refractivity contribution < 1.29 is 0 Å². The van der Waals surface area contributed by atoms with Crippen LogP contribution in [0.15, 0.2) is 35.5 Å². The highest BCUT2D eigenvalue weighted by Crippen LogP contribution is 2.13. The molecule has 8 heteroatoms. The summed E-state index contributed by atoms with van der Waals surface area (Å²) in [5, 5.41) is 7.81. The molecule has 166 valence electrons. The Morgan fingerprint density at radius 1 is 1.07 bits per heavy atom. The zero-order valence-electron chi connectivity index (χ0n) is 18.4. The highest BCUT2D eigenvalue weighted by Gasteiger charge is 2.13. The molecule has 30 heavy (non-hydrogen) atoms. The van der Waals surface area contributed by atoms with Crippen LogP contribution < -0.4 is 10.6 Å². The summed E-state index contributed by atoms with van der Waals surface area (Å²) in [6, 6.07) is 8.89. The molecule has 0 saturated carbocycles. The number of aliphatic imine (C=N–C) groups is 1. The third kappa shape index (κ3) is 8.13. The molecule has 1 saturated heterocycles. The van der Waals surface area contributed by atoms with Crippen LogP contribution in [0.25, 0.3) is 0 Å². The smallest absolute Gasteiger partial charge is 0.191 e. The number of aromatic nitrogens is 1. The summed E-state index contributed by atoms with van der Waals surface area (Å²) in [6.45, 7) is 12.1. The minimum absolute atomic E-state index is 0. The summed E-state index contributed by atoms with van der Waals surface area (Å²) in [6.07, 6.45) is 3.01. The first kappa shape index (κ1) is 25.0. The molecular weight excluding hydrogens is 507 g/mol. The Bertz CT molecular complexity index is 768. The fraction of sp³-hybridized carbons (Fsp3) is 0.545. The molecule has 2 heterocycles. The molecule has 1 aliphatic heterocycles. The zero-order valence-corrected chi connectivity index (χ0v) is 21.5. The average molecular weight is 543 g/mol. The number of aryl methyl sites for hydroxylation is 1. The SMILES string of the molecule is CCNC(=NCc1ccc(CN2CCN(C)CC2)cc1)NCc1ncc(CC)s1.I. The molecule has 2 aromatic rings. The summed E-state index contributed by atoms with van der Waals surface area (Å²) in [4.78, 5) is 15.4. The van der Waals surface area contributed by atoms with Crippen LogP contribution in [0.1, 0.15) is 34.9 Å². The number of hydrogen-bond donors (Lipinski definition) is 2. The second kappa shape index (κ2) is 13.2. The van der Waals surface area contributed by atoms with Gasteiger partial charge in [-0.15, -0.1) is 35.3 Å². The van der Waals surface area contributed by atoms with E-state index in [0.717, 1.165) is 56.7 Å². The number of benzene rings is 1. The molecule has 3 rings (SSSR count). The predicted molar refractivity (Wildman–Crippen MR) is 138 cm³/mol. The highest BCUT2D eigenvalue weighted by atomic mass is 127. The van der Waals surface area contributed by atoms with E-state index in [4.69, 9.17) is 4.99 Å². The molecule has 0 spiro atoms. The van der Waals surface area contributed by atoms with Crippen molar-refractivity contribution in [2.24, 2.45) is 4.99 Å². The van der Waals surface area contributed by atoms with Crippen LogP contribution in [0.5, 0.6) is 0 Å². The minimum atomic E-state index is 0. The van der Waals surface area contributed by atoms with Crippen molar-refractivity contribution in [1.82, 2.24) is 25.4 Å². The summed E-state index contributed by atoms with van der Waals surface area (Å²) < 4.78 is 0. The van der Waals surface area contributed by atoms with Crippen molar-refractivity contribution in [3.8, 4) is 0 Å². The fourth-order valence-electron chi connectivity index (χ4n) is 3.28. The third-order valence-electron chi connectivity index (χ3n) is 5.15. The highest BCUT2D eigenvalue weighted by molar-refractivity contribution is 14.0. The van der Waals surface area contributed by atoms with E-state index in [1.807, 2.05) is 6.20 Å². The zero-order chi connectivity index (χ0) is 20.5. The van der Waals surface area contributed by atoms with E-state index >= 15 is 0 Å². The van der Waals surface area contributed by atoms with E-state index in [1.165, 1.54) is 16.0 Å². The Morgan fingerprint density at radius 3 is 2.40 bits per heavy atom. The number of halogens is 1. The molecule has 6 nitrogen and oxygen atoms in total. The Morgan fingerprint density at radius 2 is 1.77 bits per heavy atom. The molecular formula is C22H35IN6S. The summed E-state index contributed by atoms with van der Waals surface area (Å²) in [7, 11) is 2.20. The van der Waals surface area contributed by atoms with E-state index < -0.39 is 0 Å². The lowest BCUT2D eigenvalue weighted by atomic mass is 10.1. The Kier molecular flexibility index (Phi) is 11.0. The van der Waals surface area contributed by atoms with Gasteiger partial charge in [0.1, 0.15) is 5.01 Å². The summed E-state index contributed by atoms with van der Waals surface area (Å²) in [5.41, 5.74) is 2.61. The Labute approximate surface area is 202 Å². The number of nitrogens with one attached hydrogen (secondary N) is 2. The first-order valence-electron chi connectivity index (χ1n) is 10.6. The minimum Gasteiger partial charge on any atom is -0.357 e. The van der Waals surface area contributed by atoms with Crippen LogP contribution in [0.2, 0.25) is 0 Å². The lowest BCUT2D eigenvalue weighted by Crippen LogP contribution is -2.43. The van der Waals surface area contributed by atoms with Gasteiger partial charge in [0.2, 0.25) is 0 Å². The van der Waals surface area contributed by atoms with Gasteiger partial charge in [-0.1, -0.05) is 31.2 Å². The van der Waals surface area contributed by atoms with Crippen LogP contribution in [-0.4, -0.2) is 60.5 Å². The maximum absolute atomic E-state index is 4.73. The largest absolute Gasteiger partial charge is 0.357 e. The third-order valence-corrected chi connectivity index (χ3v) is 6.29. The number of nitrogens with zero attached hydrogens (tertiary/aromatic N) is 4. The van der Waals surface area contributed by atoms with Crippen LogP contribution in [-0.2, 0) is 26.1 Å². The van der Waals surface area contributed by atoms with Crippen molar-refractivity contribution in [1.29, 1.82) is 0 Å². The van der Waals surface area contributed by atoms with Gasteiger partial charge >= 0.3 is 0 Å². The quantitative estimate of drug-likeness (QED) is 0.305. The maximum Gasteiger partial charge on any atom is 0.191 e. The first-order chi connectivity index (χ1) is 14.2. The number of likely N-dealkylation sites (N-methyl/N-ethyl adjacent to an activating group) is 1. The molecule has 1 aromatic heterocycles. The number of piperazine rings is 1. The van der Waals surface area contributed by atoms with Crippen LogP contribution in [0.4, 0.5) is 0 Å². The van der Waals surface area contributed by atoms with Gasteiger partial charge in [-0.3, -0.25) is 4.90 Å². The topological polar surface area (TPSA) is 55.8 Å².